The molecule has 1 aromatic rings. The van der Waals surface area contributed by atoms with Gasteiger partial charge >= 0.3 is 0 Å². The van der Waals surface area contributed by atoms with Crippen molar-refractivity contribution in [1.29, 1.82) is 0 Å². The van der Waals surface area contributed by atoms with Gasteiger partial charge in [-0.05, 0) is 25.7 Å². The van der Waals surface area contributed by atoms with Crippen molar-refractivity contribution in [3.8, 4) is 0 Å². The Bertz CT molecular complexity index is 453. The molecule has 0 aromatic carbocycles. The predicted molar refractivity (Wildman–Crippen MR) is 77.5 cm³/mol. The summed E-state index contributed by atoms with van der Waals surface area (Å²) in [4.78, 5) is 7.96. The summed E-state index contributed by atoms with van der Waals surface area (Å²) in [7, 11) is 1.73. The Morgan fingerprint density at radius 2 is 1.89 bits per heavy atom. The predicted octanol–water partition coefficient (Wildman–Crippen LogP) is 4.23. The topological polar surface area (TPSA) is 37.9 Å². The average molecular weight is 268 g/mol. The Kier molecular flexibility index (Phi) is 5.05. The number of rotatable bonds is 5. The van der Waals surface area contributed by atoms with Crippen molar-refractivity contribution in [3.05, 3.63) is 21.7 Å². The van der Waals surface area contributed by atoms with Crippen LogP contribution in [0.2, 0.25) is 0 Å². The van der Waals surface area contributed by atoms with Gasteiger partial charge in [0.25, 0.3) is 0 Å². The van der Waals surface area contributed by atoms with Gasteiger partial charge in [-0.3, -0.25) is 0 Å². The molecule has 0 aliphatic carbocycles. The molecule has 1 rings (SSSR count). The number of aromatic nitrogens is 2. The lowest BCUT2D eigenvalue weighted by molar-refractivity contribution is -0.0294. The minimum Gasteiger partial charge on any atom is -0.370 e. The van der Waals surface area contributed by atoms with Crippen LogP contribution in [0.1, 0.15) is 63.5 Å². The number of nitrogens with zero attached hydrogens (tertiary/aromatic N) is 1. The number of aryl methyl sites for hydroxylation is 1. The van der Waals surface area contributed by atoms with Crippen LogP contribution in [0, 0.1) is 11.6 Å². The van der Waals surface area contributed by atoms with Crippen molar-refractivity contribution in [2.75, 3.05) is 7.11 Å². The van der Waals surface area contributed by atoms with Crippen LogP contribution in [0.15, 0.2) is 0 Å². The maximum absolute atomic E-state index is 5.69. The third kappa shape index (κ3) is 2.64. The first-order valence-electron chi connectivity index (χ1n) is 6.58. The molecule has 0 saturated carbocycles. The second kappa shape index (κ2) is 5.93. The highest BCUT2D eigenvalue weighted by Crippen LogP contribution is 2.31. The van der Waals surface area contributed by atoms with Gasteiger partial charge in [-0.25, -0.2) is 4.98 Å². The smallest absolute Gasteiger partial charge is 0.140 e. The van der Waals surface area contributed by atoms with Gasteiger partial charge in [0.05, 0.1) is 0 Å². The van der Waals surface area contributed by atoms with Gasteiger partial charge in [-0.2, -0.15) is 0 Å². The first kappa shape index (κ1) is 15.3. The van der Waals surface area contributed by atoms with Gasteiger partial charge in [0.15, 0.2) is 0 Å². The highest BCUT2D eigenvalue weighted by Gasteiger charge is 2.31. The van der Waals surface area contributed by atoms with Crippen LogP contribution in [0.25, 0.3) is 0 Å². The van der Waals surface area contributed by atoms with E-state index in [0.29, 0.717) is 10.6 Å². The average Bonchev–Trinajstić information content (AvgIpc) is 2.30. The summed E-state index contributed by atoms with van der Waals surface area (Å²) in [5.74, 6) is 1.23. The van der Waals surface area contributed by atoms with E-state index in [1.165, 1.54) is 0 Å². The van der Waals surface area contributed by atoms with E-state index in [1.807, 2.05) is 0 Å². The van der Waals surface area contributed by atoms with Crippen molar-refractivity contribution >= 4 is 12.2 Å². The monoisotopic (exact) mass is 268 g/mol. The van der Waals surface area contributed by atoms with Gasteiger partial charge in [0.1, 0.15) is 16.1 Å². The maximum Gasteiger partial charge on any atom is 0.140 e. The van der Waals surface area contributed by atoms with Crippen molar-refractivity contribution in [3.63, 3.8) is 0 Å². The summed E-state index contributed by atoms with van der Waals surface area (Å²) in [5.41, 5.74) is 1.88. The molecule has 0 fully saturated rings. The molecule has 1 heterocycles. The third-order valence-corrected chi connectivity index (χ3v) is 4.01. The zero-order chi connectivity index (χ0) is 13.9. The standard InChI is InChI=1S/C14H24N2OS/c1-7-14(8-2,17-6)13-15-10(5)11(9(3)4)12(18)16-13/h9H,7-8H2,1-6H3,(H,15,16,18). The first-order valence-corrected chi connectivity index (χ1v) is 6.99. The van der Waals surface area contributed by atoms with E-state index < -0.39 is 0 Å². The molecule has 1 N–H and O–H groups in total. The number of methoxy groups -OCH3 is 1. The van der Waals surface area contributed by atoms with Crippen molar-refractivity contribution in [2.24, 2.45) is 0 Å². The van der Waals surface area contributed by atoms with Crippen molar-refractivity contribution < 1.29 is 4.74 Å². The molecule has 4 heteroatoms. The number of aromatic amines is 1. The summed E-state index contributed by atoms with van der Waals surface area (Å²) in [6.45, 7) is 10.5. The van der Waals surface area contributed by atoms with E-state index in [2.05, 4.69) is 44.6 Å². The molecule has 0 spiro atoms. The number of ether oxygens (including phenoxy) is 1. The molecule has 0 bridgehead atoms. The minimum atomic E-state index is -0.353. The number of H-pyrrole nitrogens is 1. The van der Waals surface area contributed by atoms with Crippen LogP contribution in [-0.2, 0) is 10.3 Å². The molecule has 0 amide bonds. The molecule has 1 aromatic heterocycles. The van der Waals surface area contributed by atoms with Gasteiger partial charge in [0.2, 0.25) is 0 Å². The Morgan fingerprint density at radius 3 is 2.22 bits per heavy atom. The molecule has 0 saturated heterocycles. The van der Waals surface area contributed by atoms with Gasteiger partial charge < -0.3 is 9.72 Å². The van der Waals surface area contributed by atoms with Crippen LogP contribution in [0.4, 0.5) is 0 Å². The molecular weight excluding hydrogens is 244 g/mol. The maximum atomic E-state index is 5.69. The fraction of sp³-hybridized carbons (Fsp3) is 0.714. The van der Waals surface area contributed by atoms with Crippen molar-refractivity contribution in [1.82, 2.24) is 9.97 Å². The van der Waals surface area contributed by atoms with Crippen LogP contribution in [0.5, 0.6) is 0 Å². The van der Waals surface area contributed by atoms with Crippen molar-refractivity contribution in [2.45, 2.75) is 59.0 Å². The number of hydrogen-bond donors (Lipinski definition) is 1. The molecule has 18 heavy (non-hydrogen) atoms. The molecule has 0 radical (unpaired) electrons. The number of nitrogens with one attached hydrogen (secondary N) is 1. The highest BCUT2D eigenvalue weighted by molar-refractivity contribution is 7.71. The zero-order valence-corrected chi connectivity index (χ0v) is 13.1. The van der Waals surface area contributed by atoms with E-state index in [4.69, 9.17) is 17.0 Å². The summed E-state index contributed by atoms with van der Waals surface area (Å²) in [6.07, 6.45) is 1.75. The van der Waals surface area contributed by atoms with Gasteiger partial charge in [-0.15, -0.1) is 0 Å². The molecular formula is C14H24N2OS. The van der Waals surface area contributed by atoms with E-state index in [0.717, 1.165) is 29.9 Å². The summed E-state index contributed by atoms with van der Waals surface area (Å²) in [6, 6.07) is 0. The Hall–Kier alpha value is -0.740. The molecule has 0 aliphatic heterocycles. The zero-order valence-electron chi connectivity index (χ0n) is 12.3. The molecule has 102 valence electrons. The van der Waals surface area contributed by atoms with E-state index >= 15 is 0 Å². The molecule has 3 nitrogen and oxygen atoms in total. The van der Waals surface area contributed by atoms with E-state index in [1.54, 1.807) is 7.11 Å². The summed E-state index contributed by atoms with van der Waals surface area (Å²) in [5, 5.41) is 0. The summed E-state index contributed by atoms with van der Waals surface area (Å²) >= 11 is 5.43. The lowest BCUT2D eigenvalue weighted by Crippen LogP contribution is -2.30. The fourth-order valence-corrected chi connectivity index (χ4v) is 2.94. The third-order valence-electron chi connectivity index (χ3n) is 3.70. The van der Waals surface area contributed by atoms with Crippen LogP contribution < -0.4 is 0 Å². The van der Waals surface area contributed by atoms with Crippen LogP contribution in [0.3, 0.4) is 0 Å². The first-order chi connectivity index (χ1) is 8.41. The Labute approximate surface area is 115 Å². The van der Waals surface area contributed by atoms with Gasteiger partial charge in [0, 0.05) is 18.4 Å². The van der Waals surface area contributed by atoms with Gasteiger partial charge in [-0.1, -0.05) is 39.9 Å². The minimum absolute atomic E-state index is 0.353. The summed E-state index contributed by atoms with van der Waals surface area (Å²) < 4.78 is 6.39. The van der Waals surface area contributed by atoms with Crippen LogP contribution in [-0.4, -0.2) is 17.1 Å². The number of hydrogen-bond acceptors (Lipinski definition) is 3. The lowest BCUT2D eigenvalue weighted by Gasteiger charge is -2.30. The molecule has 0 unspecified atom stereocenters. The van der Waals surface area contributed by atoms with E-state index in [-0.39, 0.29) is 5.60 Å². The van der Waals surface area contributed by atoms with E-state index in [9.17, 15) is 0 Å². The second-order valence-electron chi connectivity index (χ2n) is 4.99. The Balaban J connectivity index is 3.42. The molecule has 0 atom stereocenters. The normalized spacial score (nSPS) is 12.2. The van der Waals surface area contributed by atoms with Crippen LogP contribution >= 0.6 is 12.2 Å². The Morgan fingerprint density at radius 1 is 1.33 bits per heavy atom. The molecule has 0 aliphatic rings. The fourth-order valence-electron chi connectivity index (χ4n) is 2.46. The largest absolute Gasteiger partial charge is 0.370 e. The quantitative estimate of drug-likeness (QED) is 0.812. The highest BCUT2D eigenvalue weighted by atomic mass is 32.1. The second-order valence-corrected chi connectivity index (χ2v) is 5.38. The lowest BCUT2D eigenvalue weighted by atomic mass is 9.95. The SMILES string of the molecule is CCC(CC)(OC)c1nc(=S)c(C(C)C)c(C)[nH]1.